The van der Waals surface area contributed by atoms with Gasteiger partial charge in [-0.2, -0.15) is 4.31 Å². The highest BCUT2D eigenvalue weighted by Gasteiger charge is 2.52. The summed E-state index contributed by atoms with van der Waals surface area (Å²) in [5.41, 5.74) is 0.862. The number of nitrogens with zero attached hydrogens (tertiary/aromatic N) is 2. The van der Waals surface area contributed by atoms with Crippen molar-refractivity contribution in [2.75, 3.05) is 6.54 Å². The number of carbonyl (C=O) groups excluding carboxylic acids is 1. The number of hydrogen-bond donors (Lipinski definition) is 0. The number of carbonyl (C=O) groups is 1. The van der Waals surface area contributed by atoms with Crippen LogP contribution < -0.4 is 0 Å². The quantitative estimate of drug-likeness (QED) is 0.450. The molecular formula is C19H20N2O5S. The van der Waals surface area contributed by atoms with E-state index >= 15 is 0 Å². The van der Waals surface area contributed by atoms with Gasteiger partial charge < -0.3 is 0 Å². The fourth-order valence-electron chi connectivity index (χ4n) is 4.65. The molecule has 2 bridgehead atoms. The second-order valence-electron chi connectivity index (χ2n) is 7.27. The maximum Gasteiger partial charge on any atom is 0.269 e. The summed E-state index contributed by atoms with van der Waals surface area (Å²) >= 11 is 0. The van der Waals surface area contributed by atoms with Crippen molar-refractivity contribution in [3.63, 3.8) is 0 Å². The highest BCUT2D eigenvalue weighted by atomic mass is 32.2. The van der Waals surface area contributed by atoms with E-state index in [1.807, 2.05) is 19.1 Å². The molecule has 1 saturated carbocycles. The number of benzene rings is 1. The summed E-state index contributed by atoms with van der Waals surface area (Å²) in [5, 5.41) is 10.8. The Morgan fingerprint density at radius 3 is 2.56 bits per heavy atom. The first kappa shape index (κ1) is 18.1. The van der Waals surface area contributed by atoms with Crippen LogP contribution >= 0.6 is 0 Å². The molecule has 1 aromatic rings. The number of allylic oxidation sites excluding steroid dienone is 3. The van der Waals surface area contributed by atoms with E-state index < -0.39 is 21.0 Å². The fraction of sp³-hybridized carbons (Fsp3) is 0.421. The summed E-state index contributed by atoms with van der Waals surface area (Å²) in [5.74, 6) is 0.203. The van der Waals surface area contributed by atoms with Crippen LogP contribution in [0.4, 0.5) is 5.69 Å². The van der Waals surface area contributed by atoms with Crippen LogP contribution in [0.15, 0.2) is 53.0 Å². The summed E-state index contributed by atoms with van der Waals surface area (Å²) in [4.78, 5) is 23.2. The molecule has 0 radical (unpaired) electrons. The fourth-order valence-corrected chi connectivity index (χ4v) is 6.25. The van der Waals surface area contributed by atoms with Gasteiger partial charge in [0.1, 0.15) is 0 Å². The van der Waals surface area contributed by atoms with E-state index in [0.29, 0.717) is 12.8 Å². The molecule has 0 N–H and O–H groups in total. The zero-order valence-corrected chi connectivity index (χ0v) is 15.6. The van der Waals surface area contributed by atoms with Crippen molar-refractivity contribution in [3.8, 4) is 0 Å². The van der Waals surface area contributed by atoms with Crippen LogP contribution in [0.1, 0.15) is 19.8 Å². The van der Waals surface area contributed by atoms with E-state index in [1.54, 1.807) is 0 Å². The van der Waals surface area contributed by atoms with Crippen molar-refractivity contribution in [2.24, 2.45) is 17.8 Å². The summed E-state index contributed by atoms with van der Waals surface area (Å²) in [6, 6.07) is 4.16. The van der Waals surface area contributed by atoms with E-state index in [0.717, 1.165) is 5.57 Å². The average Bonchev–Trinajstić information content (AvgIpc) is 3.16. The number of sulfonamides is 1. The molecule has 1 saturated heterocycles. The van der Waals surface area contributed by atoms with Gasteiger partial charge in [-0.15, -0.1) is 0 Å². The first-order valence-corrected chi connectivity index (χ1v) is 10.4. The number of non-ortho nitro benzene ring substituents is 1. The van der Waals surface area contributed by atoms with Crippen LogP contribution in [0.5, 0.6) is 0 Å². The Morgan fingerprint density at radius 1 is 1.22 bits per heavy atom. The van der Waals surface area contributed by atoms with Crippen LogP contribution in [0.25, 0.3) is 0 Å². The molecule has 2 fully saturated rings. The minimum atomic E-state index is -3.93. The molecule has 0 unspecified atom stereocenters. The molecule has 4 rings (SSSR count). The highest BCUT2D eigenvalue weighted by Crippen LogP contribution is 2.48. The van der Waals surface area contributed by atoms with Crippen molar-refractivity contribution in [3.05, 3.63) is 58.2 Å². The third kappa shape index (κ3) is 2.74. The van der Waals surface area contributed by atoms with Gasteiger partial charge in [-0.3, -0.25) is 14.9 Å². The number of ketones is 1. The van der Waals surface area contributed by atoms with Gasteiger partial charge in [0.15, 0.2) is 5.78 Å². The summed E-state index contributed by atoms with van der Waals surface area (Å²) < 4.78 is 27.7. The molecule has 0 amide bonds. The van der Waals surface area contributed by atoms with Crippen molar-refractivity contribution in [1.29, 1.82) is 0 Å². The Bertz CT molecular complexity index is 964. The number of fused-ring (bicyclic) bond motifs is 4. The molecule has 1 aliphatic heterocycles. The summed E-state index contributed by atoms with van der Waals surface area (Å²) in [6.07, 6.45) is 7.25. The van der Waals surface area contributed by atoms with E-state index in [2.05, 4.69) is 6.08 Å². The molecule has 1 heterocycles. The molecule has 0 aromatic heterocycles. The maximum absolute atomic E-state index is 13.2. The van der Waals surface area contributed by atoms with Crippen LogP contribution in [0, 0.1) is 27.9 Å². The van der Waals surface area contributed by atoms with Gasteiger partial charge >= 0.3 is 0 Å². The largest absolute Gasteiger partial charge is 0.298 e. The second-order valence-corrected chi connectivity index (χ2v) is 9.16. The lowest BCUT2D eigenvalue weighted by molar-refractivity contribution is -0.384. The van der Waals surface area contributed by atoms with Crippen LogP contribution in [-0.4, -0.2) is 36.0 Å². The van der Waals surface area contributed by atoms with Crippen molar-refractivity contribution >= 4 is 21.5 Å². The Labute approximate surface area is 157 Å². The lowest BCUT2D eigenvalue weighted by atomic mass is 9.66. The van der Waals surface area contributed by atoms with Crippen LogP contribution in [0.3, 0.4) is 0 Å². The Morgan fingerprint density at radius 2 is 1.93 bits per heavy atom. The lowest BCUT2D eigenvalue weighted by Gasteiger charge is -2.47. The van der Waals surface area contributed by atoms with E-state index in [-0.39, 0.29) is 40.7 Å². The van der Waals surface area contributed by atoms with Gasteiger partial charge in [0.05, 0.1) is 15.9 Å². The molecule has 8 heteroatoms. The first-order valence-electron chi connectivity index (χ1n) is 8.96. The second kappa shape index (κ2) is 6.38. The molecule has 27 heavy (non-hydrogen) atoms. The van der Waals surface area contributed by atoms with Gasteiger partial charge in [0.25, 0.3) is 5.69 Å². The van der Waals surface area contributed by atoms with Gasteiger partial charge in [-0.05, 0) is 43.7 Å². The first-order chi connectivity index (χ1) is 12.8. The van der Waals surface area contributed by atoms with E-state index in [1.165, 1.54) is 28.6 Å². The number of piperidine rings is 1. The third-order valence-corrected chi connectivity index (χ3v) is 7.90. The topological polar surface area (TPSA) is 97.6 Å². The Kier molecular flexibility index (Phi) is 4.27. The van der Waals surface area contributed by atoms with E-state index in [9.17, 15) is 23.3 Å². The molecule has 142 valence electrons. The Balaban J connectivity index is 1.72. The van der Waals surface area contributed by atoms with Crippen LogP contribution in [-0.2, 0) is 14.8 Å². The average molecular weight is 388 g/mol. The molecule has 4 atom stereocenters. The molecular weight excluding hydrogens is 368 g/mol. The van der Waals surface area contributed by atoms with E-state index in [4.69, 9.17) is 0 Å². The zero-order chi connectivity index (χ0) is 19.3. The minimum Gasteiger partial charge on any atom is -0.298 e. The minimum absolute atomic E-state index is 0.0121. The summed E-state index contributed by atoms with van der Waals surface area (Å²) in [6.45, 7) is 2.09. The Hall–Kier alpha value is -2.32. The van der Waals surface area contributed by atoms with Gasteiger partial charge in [-0.1, -0.05) is 23.8 Å². The summed E-state index contributed by atoms with van der Waals surface area (Å²) in [7, 11) is -3.93. The third-order valence-electron chi connectivity index (χ3n) is 6.04. The smallest absolute Gasteiger partial charge is 0.269 e. The normalized spacial score (nSPS) is 31.9. The highest BCUT2D eigenvalue weighted by molar-refractivity contribution is 7.89. The lowest BCUT2D eigenvalue weighted by Crippen LogP contribution is -2.57. The molecule has 3 aliphatic rings. The SMILES string of the molecule is C/C=C1/CN(S(=O)(=O)c2ccc([N+](=O)[O-])cc2)[C@H]2C[C@@H]1[C@H]1C=CC[C@@H]1C2=O. The number of rotatable bonds is 3. The number of nitro benzene ring substituents is 1. The predicted molar refractivity (Wildman–Crippen MR) is 98.4 cm³/mol. The monoisotopic (exact) mass is 388 g/mol. The maximum atomic E-state index is 13.2. The molecule has 2 aliphatic carbocycles. The number of nitro groups is 1. The molecule has 0 spiro atoms. The van der Waals surface area contributed by atoms with Gasteiger partial charge in [0.2, 0.25) is 10.0 Å². The van der Waals surface area contributed by atoms with Crippen molar-refractivity contribution < 1.29 is 18.1 Å². The zero-order valence-electron chi connectivity index (χ0n) is 14.8. The van der Waals surface area contributed by atoms with Crippen LogP contribution in [0.2, 0.25) is 0 Å². The van der Waals surface area contributed by atoms with Gasteiger partial charge in [-0.25, -0.2) is 8.42 Å². The molecule has 1 aromatic carbocycles. The standard InChI is InChI=1S/C19H20N2O5S/c1-2-12-11-20(18-10-17(12)15-4-3-5-16(15)19(18)22)27(25,26)14-8-6-13(7-9-14)21(23)24/h2-4,6-9,15-18H,5,10-11H2,1H3/b12-2-/t15-,16-,17-,18-/m0/s1. The van der Waals surface area contributed by atoms with Crippen molar-refractivity contribution in [2.45, 2.75) is 30.7 Å². The van der Waals surface area contributed by atoms with Gasteiger partial charge in [0, 0.05) is 24.6 Å². The molecule has 7 nitrogen and oxygen atoms in total. The van der Waals surface area contributed by atoms with Crippen molar-refractivity contribution in [1.82, 2.24) is 4.31 Å². The number of hydrogen-bond acceptors (Lipinski definition) is 5. The predicted octanol–water partition coefficient (Wildman–Crippen LogP) is 2.70. The number of Topliss-reactive ketones (excluding diaryl/α,β-unsaturated/α-hetero) is 1.